The van der Waals surface area contributed by atoms with Crippen LogP contribution >= 0.6 is 11.6 Å². The van der Waals surface area contributed by atoms with E-state index in [2.05, 4.69) is 15.6 Å². The third-order valence-electron chi connectivity index (χ3n) is 5.70. The molecule has 4 atom stereocenters. The predicted octanol–water partition coefficient (Wildman–Crippen LogP) is 3.62. The molecule has 0 radical (unpaired) electrons. The summed E-state index contributed by atoms with van der Waals surface area (Å²) in [6.07, 6.45) is 1.78. The van der Waals surface area contributed by atoms with Gasteiger partial charge in [-0.2, -0.15) is 0 Å². The van der Waals surface area contributed by atoms with E-state index in [9.17, 15) is 14.7 Å². The summed E-state index contributed by atoms with van der Waals surface area (Å²) >= 11 is 6.04. The number of hydrogen-bond acceptors (Lipinski definition) is 6. The van der Waals surface area contributed by atoms with Gasteiger partial charge in [0, 0.05) is 48.7 Å². The number of nitrogens with zero attached hydrogens (tertiary/aromatic N) is 2. The zero-order valence-electron chi connectivity index (χ0n) is 19.8. The molecular weight excluding hydrogens is 444 g/mol. The Kier molecular flexibility index (Phi) is 7.82. The number of nitrogens with one attached hydrogen (secondary N) is 2. The number of fused-ring (bicyclic) bond motifs is 1. The molecular formula is C24H33ClN4O4. The lowest BCUT2D eigenvalue weighted by molar-refractivity contribution is -0.134. The van der Waals surface area contributed by atoms with Crippen molar-refractivity contribution in [2.24, 2.45) is 5.92 Å². The Morgan fingerprint density at radius 3 is 2.58 bits per heavy atom. The smallest absolute Gasteiger partial charge is 0.407 e. The fourth-order valence-electron chi connectivity index (χ4n) is 4.15. The van der Waals surface area contributed by atoms with Crippen molar-refractivity contribution >= 4 is 34.4 Å². The van der Waals surface area contributed by atoms with Crippen molar-refractivity contribution < 1.29 is 19.4 Å². The SMILES string of the molecule is CN(C)C(=O)[C@H]1CCC(NC(O)c2cc3ccc(Cl)cc3cn2)[C@@H](NC(=O)OC(C)(C)C)C1. The summed E-state index contributed by atoms with van der Waals surface area (Å²) in [6.45, 7) is 5.39. The van der Waals surface area contributed by atoms with Crippen molar-refractivity contribution in [1.82, 2.24) is 20.5 Å². The summed E-state index contributed by atoms with van der Waals surface area (Å²) in [5, 5.41) is 19.4. The van der Waals surface area contributed by atoms with Gasteiger partial charge in [0.05, 0.1) is 5.69 Å². The highest BCUT2D eigenvalue weighted by Gasteiger charge is 2.37. The van der Waals surface area contributed by atoms with Crippen molar-refractivity contribution in [1.29, 1.82) is 0 Å². The van der Waals surface area contributed by atoms with Gasteiger partial charge >= 0.3 is 6.09 Å². The van der Waals surface area contributed by atoms with Gasteiger partial charge in [-0.25, -0.2) is 4.79 Å². The molecule has 3 N–H and O–H groups in total. The molecule has 0 saturated heterocycles. The lowest BCUT2D eigenvalue weighted by Gasteiger charge is -2.38. The highest BCUT2D eigenvalue weighted by Crippen LogP contribution is 2.28. The van der Waals surface area contributed by atoms with Crippen molar-refractivity contribution in [2.45, 2.75) is 63.9 Å². The van der Waals surface area contributed by atoms with Gasteiger partial charge in [-0.1, -0.05) is 17.7 Å². The van der Waals surface area contributed by atoms with Gasteiger partial charge in [0.15, 0.2) is 0 Å². The van der Waals surface area contributed by atoms with Crippen LogP contribution in [0.1, 0.15) is 52.0 Å². The molecule has 0 bridgehead atoms. The molecule has 0 spiro atoms. The summed E-state index contributed by atoms with van der Waals surface area (Å²) < 4.78 is 5.42. The maximum absolute atomic E-state index is 12.5. The molecule has 2 amide bonds. The molecule has 0 aliphatic heterocycles. The number of alkyl carbamates (subject to hydrolysis) is 1. The first-order valence-electron chi connectivity index (χ1n) is 11.1. The predicted molar refractivity (Wildman–Crippen MR) is 128 cm³/mol. The quantitative estimate of drug-likeness (QED) is 0.569. The van der Waals surface area contributed by atoms with E-state index in [-0.39, 0.29) is 17.9 Å². The molecule has 9 heteroatoms. The van der Waals surface area contributed by atoms with Crippen molar-refractivity contribution in [3.8, 4) is 0 Å². The monoisotopic (exact) mass is 476 g/mol. The Morgan fingerprint density at radius 1 is 1.18 bits per heavy atom. The van der Waals surface area contributed by atoms with Crippen LogP contribution in [0.3, 0.4) is 0 Å². The standard InChI is InChI=1S/C24H33ClN4O4/c1-24(2,3)33-23(32)28-19-12-15(22(31)29(4)5)7-9-18(19)27-21(30)20-11-14-6-8-17(25)10-16(14)13-26-20/h6,8,10-11,13,15,18-19,21,27,30H,7,9,12H2,1-5H3,(H,28,32)/t15-,18?,19-,21?/m0/s1. The molecule has 8 nitrogen and oxygen atoms in total. The topological polar surface area (TPSA) is 104 Å². The first-order valence-corrected chi connectivity index (χ1v) is 11.5. The number of aromatic nitrogens is 1. The molecule has 1 saturated carbocycles. The summed E-state index contributed by atoms with van der Waals surface area (Å²) in [6, 6.07) is 6.63. The molecule has 1 fully saturated rings. The first kappa shape index (κ1) is 25.2. The first-order chi connectivity index (χ1) is 15.4. The molecule has 1 heterocycles. The molecule has 180 valence electrons. The van der Waals surface area contributed by atoms with Gasteiger partial charge < -0.3 is 20.1 Å². The second-order valence-corrected chi connectivity index (χ2v) is 10.2. The lowest BCUT2D eigenvalue weighted by Crippen LogP contribution is -2.56. The normalized spacial score (nSPS) is 22.0. The van der Waals surface area contributed by atoms with Gasteiger partial charge in [0.1, 0.15) is 11.8 Å². The Labute approximate surface area is 199 Å². The third kappa shape index (κ3) is 6.79. The number of pyridine rings is 1. The van der Waals surface area contributed by atoms with Crippen LogP contribution in [-0.4, -0.2) is 58.8 Å². The van der Waals surface area contributed by atoms with Crippen LogP contribution in [0.15, 0.2) is 30.5 Å². The minimum atomic E-state index is -1.04. The highest BCUT2D eigenvalue weighted by molar-refractivity contribution is 6.31. The minimum absolute atomic E-state index is 0.0276. The number of benzene rings is 1. The van der Waals surface area contributed by atoms with Crippen molar-refractivity contribution in [3.63, 3.8) is 0 Å². The molecule has 2 aromatic rings. The summed E-state index contributed by atoms with van der Waals surface area (Å²) in [5.74, 6) is -0.182. The van der Waals surface area contributed by atoms with Gasteiger partial charge in [-0.05, 0) is 63.6 Å². The number of aliphatic hydroxyl groups is 1. The van der Waals surface area contributed by atoms with Crippen molar-refractivity contribution in [3.05, 3.63) is 41.2 Å². The number of hydrogen-bond donors (Lipinski definition) is 3. The lowest BCUT2D eigenvalue weighted by atomic mass is 9.81. The zero-order chi connectivity index (χ0) is 24.3. The Morgan fingerprint density at radius 2 is 1.91 bits per heavy atom. The molecule has 33 heavy (non-hydrogen) atoms. The fraction of sp³-hybridized carbons (Fsp3) is 0.542. The number of carbonyl (C=O) groups excluding carboxylic acids is 2. The van der Waals surface area contributed by atoms with E-state index in [1.807, 2.05) is 12.1 Å². The van der Waals surface area contributed by atoms with Crippen LogP contribution in [0.5, 0.6) is 0 Å². The second-order valence-electron chi connectivity index (χ2n) is 9.77. The number of aliphatic hydroxyl groups excluding tert-OH is 1. The molecule has 1 aromatic heterocycles. The molecule has 1 aliphatic rings. The van der Waals surface area contributed by atoms with Crippen LogP contribution in [0.2, 0.25) is 5.02 Å². The van der Waals surface area contributed by atoms with E-state index in [4.69, 9.17) is 16.3 Å². The Balaban J connectivity index is 1.75. The van der Waals surface area contributed by atoms with E-state index < -0.39 is 24.0 Å². The van der Waals surface area contributed by atoms with Crippen LogP contribution in [0.25, 0.3) is 10.8 Å². The van der Waals surface area contributed by atoms with Crippen LogP contribution in [0, 0.1) is 5.92 Å². The van der Waals surface area contributed by atoms with E-state index >= 15 is 0 Å². The largest absolute Gasteiger partial charge is 0.444 e. The van der Waals surface area contributed by atoms with E-state index in [1.165, 1.54) is 0 Å². The Hall–Kier alpha value is -2.42. The second kappa shape index (κ2) is 10.2. The van der Waals surface area contributed by atoms with Gasteiger partial charge in [0.25, 0.3) is 0 Å². The number of amides is 2. The van der Waals surface area contributed by atoms with E-state index in [1.54, 1.807) is 58.1 Å². The third-order valence-corrected chi connectivity index (χ3v) is 5.93. The van der Waals surface area contributed by atoms with Crippen molar-refractivity contribution in [2.75, 3.05) is 14.1 Å². The van der Waals surface area contributed by atoms with Gasteiger partial charge in [-0.3, -0.25) is 15.1 Å². The van der Waals surface area contributed by atoms with Crippen LogP contribution in [-0.2, 0) is 9.53 Å². The summed E-state index contributed by atoms with van der Waals surface area (Å²) in [7, 11) is 3.45. The summed E-state index contributed by atoms with van der Waals surface area (Å²) in [4.78, 5) is 31.0. The fourth-order valence-corrected chi connectivity index (χ4v) is 4.33. The Bertz CT molecular complexity index is 1010. The maximum atomic E-state index is 12.5. The number of rotatable bonds is 5. The minimum Gasteiger partial charge on any atom is -0.444 e. The number of ether oxygens (including phenoxy) is 1. The molecule has 1 aliphatic carbocycles. The molecule has 1 aromatic carbocycles. The van der Waals surface area contributed by atoms with E-state index in [0.717, 1.165) is 10.8 Å². The molecule has 2 unspecified atom stereocenters. The summed E-state index contributed by atoms with van der Waals surface area (Å²) in [5.41, 5.74) is -0.176. The average molecular weight is 477 g/mol. The average Bonchev–Trinajstić information content (AvgIpc) is 2.72. The van der Waals surface area contributed by atoms with E-state index in [0.29, 0.717) is 30.0 Å². The maximum Gasteiger partial charge on any atom is 0.407 e. The zero-order valence-corrected chi connectivity index (χ0v) is 20.5. The van der Waals surface area contributed by atoms with Crippen LogP contribution < -0.4 is 10.6 Å². The highest BCUT2D eigenvalue weighted by atomic mass is 35.5. The van der Waals surface area contributed by atoms with Crippen LogP contribution in [0.4, 0.5) is 4.79 Å². The van der Waals surface area contributed by atoms with Gasteiger partial charge in [-0.15, -0.1) is 0 Å². The van der Waals surface area contributed by atoms with Gasteiger partial charge in [0.2, 0.25) is 5.91 Å². The molecule has 3 rings (SSSR count). The number of halogens is 1. The number of carbonyl (C=O) groups is 2.